The Morgan fingerprint density at radius 2 is 1.83 bits per heavy atom. The molecule has 160 valence electrons. The van der Waals surface area contributed by atoms with E-state index in [1.807, 2.05) is 6.07 Å². The SMILES string of the molecule is CCCOCc1ccccc1CNC(=NC)NCCCn1c(C)nc2ccccc21. The maximum absolute atomic E-state index is 5.72. The molecule has 0 amide bonds. The number of aliphatic imine (C=N–C) groups is 1. The van der Waals surface area contributed by atoms with Gasteiger partial charge in [0.1, 0.15) is 5.82 Å². The lowest BCUT2D eigenvalue weighted by atomic mass is 10.1. The van der Waals surface area contributed by atoms with Crippen molar-refractivity contribution >= 4 is 17.0 Å². The average molecular weight is 408 g/mol. The van der Waals surface area contributed by atoms with Crippen molar-refractivity contribution in [3.63, 3.8) is 0 Å². The average Bonchev–Trinajstić information content (AvgIpc) is 3.09. The van der Waals surface area contributed by atoms with Gasteiger partial charge in [0.05, 0.1) is 17.6 Å². The highest BCUT2D eigenvalue weighted by Gasteiger charge is 2.07. The van der Waals surface area contributed by atoms with Crippen LogP contribution in [-0.2, 0) is 24.4 Å². The van der Waals surface area contributed by atoms with Gasteiger partial charge in [0.25, 0.3) is 0 Å². The molecule has 0 saturated carbocycles. The van der Waals surface area contributed by atoms with E-state index in [1.165, 1.54) is 16.6 Å². The summed E-state index contributed by atoms with van der Waals surface area (Å²) in [5.74, 6) is 1.87. The van der Waals surface area contributed by atoms with Crippen LogP contribution < -0.4 is 10.6 Å². The lowest BCUT2D eigenvalue weighted by molar-refractivity contribution is 0.121. The lowest BCUT2D eigenvalue weighted by Gasteiger charge is -2.15. The van der Waals surface area contributed by atoms with Gasteiger partial charge in [-0.25, -0.2) is 4.98 Å². The second-order valence-electron chi connectivity index (χ2n) is 7.33. The molecule has 3 rings (SSSR count). The number of hydrogen-bond donors (Lipinski definition) is 2. The Morgan fingerprint density at radius 3 is 2.63 bits per heavy atom. The van der Waals surface area contributed by atoms with Crippen molar-refractivity contribution in [2.24, 2.45) is 4.99 Å². The van der Waals surface area contributed by atoms with Gasteiger partial charge in [0, 0.05) is 33.3 Å². The van der Waals surface area contributed by atoms with E-state index in [4.69, 9.17) is 4.74 Å². The molecule has 3 aromatic rings. The highest BCUT2D eigenvalue weighted by Crippen LogP contribution is 2.15. The van der Waals surface area contributed by atoms with Gasteiger partial charge < -0.3 is 19.9 Å². The van der Waals surface area contributed by atoms with Gasteiger partial charge in [-0.1, -0.05) is 43.3 Å². The van der Waals surface area contributed by atoms with Crippen LogP contribution in [0.5, 0.6) is 0 Å². The van der Waals surface area contributed by atoms with Crippen LogP contribution in [0.1, 0.15) is 36.7 Å². The number of benzene rings is 2. The number of nitrogens with zero attached hydrogens (tertiary/aromatic N) is 3. The second kappa shape index (κ2) is 11.4. The summed E-state index contributed by atoms with van der Waals surface area (Å²) in [5.41, 5.74) is 4.70. The van der Waals surface area contributed by atoms with Crippen LogP contribution >= 0.6 is 0 Å². The maximum Gasteiger partial charge on any atom is 0.191 e. The summed E-state index contributed by atoms with van der Waals surface area (Å²) in [4.78, 5) is 8.99. The predicted octanol–water partition coefficient (Wildman–Crippen LogP) is 4.03. The Morgan fingerprint density at radius 1 is 1.07 bits per heavy atom. The molecular weight excluding hydrogens is 374 g/mol. The molecule has 6 heteroatoms. The van der Waals surface area contributed by atoms with Gasteiger partial charge >= 0.3 is 0 Å². The first-order valence-corrected chi connectivity index (χ1v) is 10.7. The lowest BCUT2D eigenvalue weighted by Crippen LogP contribution is -2.37. The molecule has 2 aromatic carbocycles. The summed E-state index contributed by atoms with van der Waals surface area (Å²) < 4.78 is 7.99. The van der Waals surface area contributed by atoms with Crippen LogP contribution in [0.2, 0.25) is 0 Å². The highest BCUT2D eigenvalue weighted by molar-refractivity contribution is 5.79. The third kappa shape index (κ3) is 5.83. The number of nitrogens with one attached hydrogen (secondary N) is 2. The van der Waals surface area contributed by atoms with Crippen molar-refractivity contribution in [1.82, 2.24) is 20.2 Å². The summed E-state index contributed by atoms with van der Waals surface area (Å²) in [6.45, 7) is 8.11. The van der Waals surface area contributed by atoms with E-state index in [1.54, 1.807) is 7.05 Å². The normalized spacial score (nSPS) is 11.8. The number of aromatic nitrogens is 2. The van der Waals surface area contributed by atoms with Gasteiger partial charge in [-0.3, -0.25) is 4.99 Å². The zero-order valence-electron chi connectivity index (χ0n) is 18.3. The fourth-order valence-corrected chi connectivity index (χ4v) is 3.52. The van der Waals surface area contributed by atoms with Crippen molar-refractivity contribution in [3.8, 4) is 0 Å². The summed E-state index contributed by atoms with van der Waals surface area (Å²) in [7, 11) is 1.80. The van der Waals surface area contributed by atoms with Crippen LogP contribution in [-0.4, -0.2) is 35.7 Å². The Bertz CT molecular complexity index is 963. The summed E-state index contributed by atoms with van der Waals surface area (Å²) >= 11 is 0. The minimum Gasteiger partial charge on any atom is -0.377 e. The fourth-order valence-electron chi connectivity index (χ4n) is 3.52. The molecule has 0 aliphatic rings. The molecule has 30 heavy (non-hydrogen) atoms. The van der Waals surface area contributed by atoms with Gasteiger partial charge in [0.2, 0.25) is 0 Å². The first-order valence-electron chi connectivity index (χ1n) is 10.7. The van der Waals surface area contributed by atoms with Crippen LogP contribution in [0.25, 0.3) is 11.0 Å². The third-order valence-corrected chi connectivity index (χ3v) is 5.09. The Balaban J connectivity index is 1.47. The summed E-state index contributed by atoms with van der Waals surface area (Å²) in [5, 5.41) is 6.83. The number of para-hydroxylation sites is 2. The Kier molecular flexibility index (Phi) is 8.27. The van der Waals surface area contributed by atoms with Gasteiger partial charge in [-0.15, -0.1) is 0 Å². The summed E-state index contributed by atoms with van der Waals surface area (Å²) in [6, 6.07) is 16.7. The quantitative estimate of drug-likeness (QED) is 0.303. The number of ether oxygens (including phenoxy) is 1. The third-order valence-electron chi connectivity index (χ3n) is 5.09. The van der Waals surface area contributed by atoms with Gasteiger partial charge in [-0.05, 0) is 43.0 Å². The van der Waals surface area contributed by atoms with Crippen molar-refractivity contribution in [2.75, 3.05) is 20.2 Å². The number of guanidine groups is 1. The van der Waals surface area contributed by atoms with Crippen molar-refractivity contribution < 1.29 is 4.74 Å². The Labute approximate surface area is 179 Å². The molecule has 1 heterocycles. The molecule has 0 aliphatic carbocycles. The van der Waals surface area contributed by atoms with Gasteiger partial charge in [0.15, 0.2) is 5.96 Å². The zero-order valence-corrected chi connectivity index (χ0v) is 18.3. The van der Waals surface area contributed by atoms with Crippen LogP contribution in [0.15, 0.2) is 53.5 Å². The molecule has 0 bridgehead atoms. The number of hydrogen-bond acceptors (Lipinski definition) is 3. The van der Waals surface area contributed by atoms with E-state index in [2.05, 4.69) is 81.5 Å². The van der Waals surface area contributed by atoms with E-state index in [9.17, 15) is 0 Å². The predicted molar refractivity (Wildman–Crippen MR) is 124 cm³/mol. The molecule has 0 fully saturated rings. The summed E-state index contributed by atoms with van der Waals surface area (Å²) in [6.07, 6.45) is 2.02. The molecule has 0 saturated heterocycles. The van der Waals surface area contributed by atoms with Crippen molar-refractivity contribution in [3.05, 3.63) is 65.5 Å². The van der Waals surface area contributed by atoms with Crippen LogP contribution in [0.3, 0.4) is 0 Å². The van der Waals surface area contributed by atoms with Crippen molar-refractivity contribution in [2.45, 2.75) is 46.4 Å². The number of rotatable bonds is 10. The maximum atomic E-state index is 5.72. The van der Waals surface area contributed by atoms with Crippen LogP contribution in [0, 0.1) is 6.92 Å². The minimum absolute atomic E-state index is 0.649. The molecule has 0 unspecified atom stereocenters. The molecule has 0 radical (unpaired) electrons. The second-order valence-corrected chi connectivity index (χ2v) is 7.33. The number of imidazole rings is 1. The number of aryl methyl sites for hydroxylation is 2. The minimum atomic E-state index is 0.649. The Hall–Kier alpha value is -2.86. The number of fused-ring (bicyclic) bond motifs is 1. The first-order chi connectivity index (χ1) is 14.7. The van der Waals surface area contributed by atoms with Crippen LogP contribution in [0.4, 0.5) is 0 Å². The molecule has 6 nitrogen and oxygen atoms in total. The zero-order chi connectivity index (χ0) is 21.2. The molecule has 1 aromatic heterocycles. The highest BCUT2D eigenvalue weighted by atomic mass is 16.5. The van der Waals surface area contributed by atoms with E-state index >= 15 is 0 Å². The molecule has 0 spiro atoms. The fraction of sp³-hybridized carbons (Fsp3) is 0.417. The largest absolute Gasteiger partial charge is 0.377 e. The molecule has 0 atom stereocenters. The monoisotopic (exact) mass is 407 g/mol. The first kappa shape index (κ1) is 21.8. The van der Waals surface area contributed by atoms with E-state index in [0.717, 1.165) is 56.4 Å². The topological polar surface area (TPSA) is 63.5 Å². The van der Waals surface area contributed by atoms with E-state index in [-0.39, 0.29) is 0 Å². The van der Waals surface area contributed by atoms with E-state index < -0.39 is 0 Å². The van der Waals surface area contributed by atoms with Crippen molar-refractivity contribution in [1.29, 1.82) is 0 Å². The smallest absolute Gasteiger partial charge is 0.191 e. The molecule has 2 N–H and O–H groups in total. The van der Waals surface area contributed by atoms with Gasteiger partial charge in [-0.2, -0.15) is 0 Å². The standard InChI is InChI=1S/C24H33N5O/c1-4-16-30-18-21-11-6-5-10-20(21)17-27-24(25-3)26-14-9-15-29-19(2)28-22-12-7-8-13-23(22)29/h5-8,10-13H,4,9,14-18H2,1-3H3,(H2,25,26,27). The van der Waals surface area contributed by atoms with E-state index in [0.29, 0.717) is 6.61 Å². The molecule has 0 aliphatic heterocycles. The molecular formula is C24H33N5O.